The van der Waals surface area contributed by atoms with Crippen molar-refractivity contribution in [3.8, 4) is 5.75 Å². The van der Waals surface area contributed by atoms with Crippen LogP contribution >= 0.6 is 0 Å². The maximum atomic E-state index is 12.2. The van der Waals surface area contributed by atoms with E-state index in [-0.39, 0.29) is 10.7 Å². The lowest BCUT2D eigenvalue weighted by molar-refractivity contribution is 0.101. The Balaban J connectivity index is 2.34. The monoisotopic (exact) mass is 304 g/mol. The van der Waals surface area contributed by atoms with Crippen molar-refractivity contribution in [3.05, 3.63) is 59.2 Å². The fourth-order valence-corrected chi connectivity index (χ4v) is 2.80. The number of carbonyl (C=O) groups excluding carboxylic acids is 1. The smallest absolute Gasteiger partial charge is 0.339 e. The molecule has 0 heterocycles. The number of benzene rings is 2. The van der Waals surface area contributed by atoms with Gasteiger partial charge in [-0.2, -0.15) is 8.42 Å². The molecule has 0 atom stereocenters. The molecule has 2 rings (SSSR count). The molecule has 0 radical (unpaired) electrons. The highest BCUT2D eigenvalue weighted by Gasteiger charge is 2.18. The summed E-state index contributed by atoms with van der Waals surface area (Å²) in [6, 6.07) is 11.1. The van der Waals surface area contributed by atoms with Gasteiger partial charge in [-0.3, -0.25) is 4.79 Å². The van der Waals surface area contributed by atoms with Crippen molar-refractivity contribution >= 4 is 15.9 Å². The van der Waals surface area contributed by atoms with Gasteiger partial charge in [0.05, 0.1) is 0 Å². The van der Waals surface area contributed by atoms with Crippen molar-refractivity contribution in [2.45, 2.75) is 25.7 Å². The van der Waals surface area contributed by atoms with Crippen LogP contribution in [0.25, 0.3) is 0 Å². The number of carbonyl (C=O) groups is 1. The van der Waals surface area contributed by atoms with Gasteiger partial charge in [0.2, 0.25) is 0 Å². The average Bonchev–Trinajstić information content (AvgIpc) is 2.43. The Morgan fingerprint density at radius 3 is 2.19 bits per heavy atom. The summed E-state index contributed by atoms with van der Waals surface area (Å²) in [7, 11) is -3.91. The van der Waals surface area contributed by atoms with E-state index in [2.05, 4.69) is 0 Å². The average molecular weight is 304 g/mol. The maximum absolute atomic E-state index is 12.2. The van der Waals surface area contributed by atoms with Gasteiger partial charge in [-0.15, -0.1) is 0 Å². The minimum atomic E-state index is -3.91. The number of hydrogen-bond acceptors (Lipinski definition) is 4. The summed E-state index contributed by atoms with van der Waals surface area (Å²) in [6.45, 7) is 5.07. The van der Waals surface area contributed by atoms with Crippen molar-refractivity contribution in [1.82, 2.24) is 0 Å². The van der Waals surface area contributed by atoms with Crippen molar-refractivity contribution < 1.29 is 17.4 Å². The Labute approximate surface area is 124 Å². The second kappa shape index (κ2) is 5.69. The minimum absolute atomic E-state index is 0.0217. The maximum Gasteiger partial charge on any atom is 0.339 e. The number of rotatable bonds is 4. The first-order valence-electron chi connectivity index (χ1n) is 6.42. The van der Waals surface area contributed by atoms with E-state index >= 15 is 0 Å². The second-order valence-electron chi connectivity index (χ2n) is 4.89. The standard InChI is InChI=1S/C16H16O4S/c1-11-4-5-12(2)16(10-11)20-21(18,19)15-8-6-14(7-9-15)13(3)17/h4-10H,1-3H3. The minimum Gasteiger partial charge on any atom is -0.379 e. The number of Topliss-reactive ketones (excluding diaryl/α,β-unsaturated/α-hetero) is 1. The Kier molecular flexibility index (Phi) is 4.14. The van der Waals surface area contributed by atoms with E-state index < -0.39 is 10.1 Å². The van der Waals surface area contributed by atoms with Gasteiger partial charge >= 0.3 is 10.1 Å². The highest BCUT2D eigenvalue weighted by molar-refractivity contribution is 7.87. The molecule has 0 saturated carbocycles. The molecule has 0 saturated heterocycles. The van der Waals surface area contributed by atoms with Crippen LogP contribution in [-0.2, 0) is 10.1 Å². The van der Waals surface area contributed by atoms with E-state index in [4.69, 9.17) is 4.18 Å². The lowest BCUT2D eigenvalue weighted by Gasteiger charge is -2.10. The molecule has 0 aliphatic carbocycles. The van der Waals surface area contributed by atoms with Gasteiger partial charge < -0.3 is 4.18 Å². The van der Waals surface area contributed by atoms with Crippen molar-refractivity contribution in [2.24, 2.45) is 0 Å². The number of hydrogen-bond donors (Lipinski definition) is 0. The largest absolute Gasteiger partial charge is 0.379 e. The lowest BCUT2D eigenvalue weighted by Crippen LogP contribution is -2.11. The molecule has 4 nitrogen and oxygen atoms in total. The first-order valence-corrected chi connectivity index (χ1v) is 7.83. The van der Waals surface area contributed by atoms with Gasteiger partial charge in [-0.05, 0) is 50.1 Å². The molecule has 0 spiro atoms. The summed E-state index contributed by atoms with van der Waals surface area (Å²) in [5.41, 5.74) is 2.11. The zero-order valence-corrected chi connectivity index (χ0v) is 12.9. The van der Waals surface area contributed by atoms with Gasteiger partial charge in [0, 0.05) is 5.56 Å². The van der Waals surface area contributed by atoms with Gasteiger partial charge in [-0.25, -0.2) is 0 Å². The van der Waals surface area contributed by atoms with Crippen LogP contribution in [0.1, 0.15) is 28.4 Å². The van der Waals surface area contributed by atoms with Gasteiger partial charge in [-0.1, -0.05) is 24.3 Å². The quantitative estimate of drug-likeness (QED) is 0.642. The third-order valence-corrected chi connectivity index (χ3v) is 4.34. The highest BCUT2D eigenvalue weighted by Crippen LogP contribution is 2.24. The molecule has 0 aliphatic heterocycles. The van der Waals surface area contributed by atoms with Crippen LogP contribution in [0.5, 0.6) is 5.75 Å². The summed E-state index contributed by atoms with van der Waals surface area (Å²) < 4.78 is 29.7. The topological polar surface area (TPSA) is 60.4 Å². The molecule has 0 unspecified atom stereocenters. The van der Waals surface area contributed by atoms with Crippen molar-refractivity contribution in [3.63, 3.8) is 0 Å². The molecule has 2 aromatic carbocycles. The van der Waals surface area contributed by atoms with E-state index in [0.717, 1.165) is 11.1 Å². The van der Waals surface area contributed by atoms with E-state index in [1.54, 1.807) is 19.1 Å². The molecule has 0 amide bonds. The van der Waals surface area contributed by atoms with E-state index in [9.17, 15) is 13.2 Å². The van der Waals surface area contributed by atoms with Crippen molar-refractivity contribution in [2.75, 3.05) is 0 Å². The molecule has 0 aromatic heterocycles. The van der Waals surface area contributed by atoms with E-state index in [1.165, 1.54) is 31.2 Å². The third-order valence-electron chi connectivity index (χ3n) is 3.09. The molecule has 110 valence electrons. The zero-order valence-electron chi connectivity index (χ0n) is 12.1. The van der Waals surface area contributed by atoms with Crippen LogP contribution < -0.4 is 4.18 Å². The predicted octanol–water partition coefficient (Wildman–Crippen LogP) is 3.27. The Morgan fingerprint density at radius 2 is 1.62 bits per heavy atom. The summed E-state index contributed by atoms with van der Waals surface area (Å²) in [5.74, 6) is 0.194. The van der Waals surface area contributed by atoms with Crippen LogP contribution in [0.2, 0.25) is 0 Å². The molecule has 2 aromatic rings. The van der Waals surface area contributed by atoms with Crippen LogP contribution in [0.3, 0.4) is 0 Å². The van der Waals surface area contributed by atoms with Crippen LogP contribution in [-0.4, -0.2) is 14.2 Å². The molecule has 0 aliphatic rings. The highest BCUT2D eigenvalue weighted by atomic mass is 32.2. The molecule has 0 N–H and O–H groups in total. The number of ketones is 1. The lowest BCUT2D eigenvalue weighted by atomic mass is 10.1. The van der Waals surface area contributed by atoms with E-state index in [1.807, 2.05) is 13.0 Å². The molecule has 5 heteroatoms. The normalized spacial score (nSPS) is 11.2. The van der Waals surface area contributed by atoms with E-state index in [0.29, 0.717) is 11.3 Å². The SMILES string of the molecule is CC(=O)c1ccc(S(=O)(=O)Oc2cc(C)ccc2C)cc1. The summed E-state index contributed by atoms with van der Waals surface area (Å²) in [6.07, 6.45) is 0. The summed E-state index contributed by atoms with van der Waals surface area (Å²) >= 11 is 0. The molecule has 0 fully saturated rings. The van der Waals surface area contributed by atoms with Crippen LogP contribution in [0.15, 0.2) is 47.4 Å². The first kappa shape index (κ1) is 15.3. The van der Waals surface area contributed by atoms with Crippen LogP contribution in [0.4, 0.5) is 0 Å². The molecule has 0 bridgehead atoms. The molecular weight excluding hydrogens is 288 g/mol. The zero-order chi connectivity index (χ0) is 15.6. The number of aryl methyl sites for hydroxylation is 2. The van der Waals surface area contributed by atoms with Crippen LogP contribution in [0, 0.1) is 13.8 Å². The fourth-order valence-electron chi connectivity index (χ4n) is 1.82. The first-order chi connectivity index (χ1) is 9.79. The summed E-state index contributed by atoms with van der Waals surface area (Å²) in [5, 5.41) is 0. The van der Waals surface area contributed by atoms with Crippen molar-refractivity contribution in [1.29, 1.82) is 0 Å². The Bertz CT molecular complexity index is 774. The Morgan fingerprint density at radius 1 is 1.00 bits per heavy atom. The fraction of sp³-hybridized carbons (Fsp3) is 0.188. The molecular formula is C16H16O4S. The third kappa shape index (κ3) is 3.49. The predicted molar refractivity (Wildman–Crippen MR) is 80.2 cm³/mol. The van der Waals surface area contributed by atoms with Gasteiger partial charge in [0.25, 0.3) is 0 Å². The second-order valence-corrected chi connectivity index (χ2v) is 6.43. The van der Waals surface area contributed by atoms with Gasteiger partial charge in [0.15, 0.2) is 5.78 Å². The van der Waals surface area contributed by atoms with Gasteiger partial charge in [0.1, 0.15) is 10.6 Å². The summed E-state index contributed by atoms with van der Waals surface area (Å²) in [4.78, 5) is 11.2. The Hall–Kier alpha value is -2.14. The molecule has 21 heavy (non-hydrogen) atoms.